The molecule has 28 heavy (non-hydrogen) atoms. The van der Waals surface area contributed by atoms with Crippen molar-refractivity contribution < 1.29 is 24.2 Å². The van der Waals surface area contributed by atoms with E-state index in [-0.39, 0.29) is 17.7 Å². The summed E-state index contributed by atoms with van der Waals surface area (Å²) in [4.78, 5) is 36.7. The van der Waals surface area contributed by atoms with Crippen molar-refractivity contribution >= 4 is 29.4 Å². The summed E-state index contributed by atoms with van der Waals surface area (Å²) in [6.45, 7) is 3.24. The Balaban J connectivity index is 0.000000892. The molecule has 1 heterocycles. The molecule has 1 unspecified atom stereocenters. The molecule has 9 heteroatoms. The molecule has 1 atom stereocenters. The first-order valence-electron chi connectivity index (χ1n) is 8.97. The predicted octanol–water partition coefficient (Wildman–Crippen LogP) is 1.71. The predicted molar refractivity (Wildman–Crippen MR) is 107 cm³/mol. The summed E-state index contributed by atoms with van der Waals surface area (Å²) in [7, 11) is 3.52. The number of benzene rings is 1. The zero-order chi connectivity index (χ0) is 21.3. The average molecular weight is 414 g/mol. The third-order valence-corrected chi connectivity index (χ3v) is 4.32. The van der Waals surface area contributed by atoms with E-state index in [0.717, 1.165) is 6.92 Å². The highest BCUT2D eigenvalue weighted by Crippen LogP contribution is 2.26. The van der Waals surface area contributed by atoms with E-state index in [1.165, 1.54) is 0 Å². The largest absolute Gasteiger partial charge is 0.493 e. The highest BCUT2D eigenvalue weighted by molar-refractivity contribution is 6.30. The molecule has 1 aliphatic rings. The molecule has 1 saturated heterocycles. The van der Waals surface area contributed by atoms with Crippen LogP contribution in [0.3, 0.4) is 0 Å². The lowest BCUT2D eigenvalue weighted by Crippen LogP contribution is -2.33. The molecule has 0 radical (unpaired) electrons. The average Bonchev–Trinajstić information content (AvgIpc) is 2.91. The van der Waals surface area contributed by atoms with Crippen molar-refractivity contribution in [3.05, 3.63) is 28.8 Å². The first kappa shape index (κ1) is 23.7. The van der Waals surface area contributed by atoms with Crippen molar-refractivity contribution in [3.8, 4) is 5.75 Å². The maximum atomic E-state index is 12.7. The summed E-state index contributed by atoms with van der Waals surface area (Å²) in [5.41, 5.74) is 5.94. The van der Waals surface area contributed by atoms with Crippen LogP contribution in [0.2, 0.25) is 5.02 Å². The third kappa shape index (κ3) is 7.74. The second kappa shape index (κ2) is 11.5. The molecule has 1 aromatic rings. The fourth-order valence-electron chi connectivity index (χ4n) is 2.81. The summed E-state index contributed by atoms with van der Waals surface area (Å²) in [5, 5.41) is 7.93. The van der Waals surface area contributed by atoms with Gasteiger partial charge in [0, 0.05) is 51.5 Å². The minimum Gasteiger partial charge on any atom is -0.493 e. The van der Waals surface area contributed by atoms with Crippen molar-refractivity contribution in [2.24, 2.45) is 11.7 Å². The van der Waals surface area contributed by atoms with Gasteiger partial charge in [-0.15, -0.1) is 0 Å². The molecule has 2 rings (SSSR count). The van der Waals surface area contributed by atoms with Crippen molar-refractivity contribution in [1.82, 2.24) is 9.80 Å². The number of nitrogens with two attached hydrogens (primary N) is 1. The highest BCUT2D eigenvalue weighted by Gasteiger charge is 2.29. The molecule has 3 N–H and O–H groups in total. The Morgan fingerprint density at radius 3 is 2.61 bits per heavy atom. The van der Waals surface area contributed by atoms with E-state index in [0.29, 0.717) is 55.4 Å². The lowest BCUT2D eigenvalue weighted by atomic mass is 10.1. The lowest BCUT2D eigenvalue weighted by Gasteiger charge is -2.22. The molecule has 0 bridgehead atoms. The van der Waals surface area contributed by atoms with Crippen LogP contribution < -0.4 is 10.5 Å². The van der Waals surface area contributed by atoms with Crippen molar-refractivity contribution in [1.29, 1.82) is 0 Å². The highest BCUT2D eigenvalue weighted by atomic mass is 35.5. The molecule has 0 saturated carbocycles. The fourth-order valence-corrected chi connectivity index (χ4v) is 2.97. The van der Waals surface area contributed by atoms with E-state index in [2.05, 4.69) is 0 Å². The number of likely N-dealkylation sites (tertiary alicyclic amines) is 1. The van der Waals surface area contributed by atoms with Crippen molar-refractivity contribution in [2.75, 3.05) is 40.3 Å². The number of nitrogens with zero attached hydrogens (tertiary/aromatic N) is 2. The van der Waals surface area contributed by atoms with E-state index >= 15 is 0 Å². The van der Waals surface area contributed by atoms with Gasteiger partial charge in [-0.25, -0.2) is 0 Å². The van der Waals surface area contributed by atoms with Gasteiger partial charge in [0.25, 0.3) is 11.9 Å². The molecule has 1 aliphatic heterocycles. The molecule has 0 spiro atoms. The SMILES string of the molecule is CC(=O)O.CN1CC(CN(C)C(=O)c2ccc(Cl)cc2OCCCN)CC1=O. The van der Waals surface area contributed by atoms with E-state index in [1.54, 1.807) is 42.1 Å². The van der Waals surface area contributed by atoms with E-state index < -0.39 is 5.97 Å². The number of carboxylic acids is 1. The summed E-state index contributed by atoms with van der Waals surface area (Å²) in [5.74, 6) is -0.229. The fraction of sp³-hybridized carbons (Fsp3) is 0.526. The van der Waals surface area contributed by atoms with Gasteiger partial charge in [-0.1, -0.05) is 11.6 Å². The van der Waals surface area contributed by atoms with Crippen LogP contribution in [0.4, 0.5) is 0 Å². The second-order valence-electron chi connectivity index (χ2n) is 6.68. The zero-order valence-electron chi connectivity index (χ0n) is 16.5. The molecule has 0 aliphatic carbocycles. The standard InChI is InChI=1S/C17H24ClN3O3.C2H4O2/c1-20-10-12(8-16(20)22)11-21(2)17(23)14-5-4-13(18)9-15(14)24-7-3-6-19;1-2(3)4/h4-5,9,12H,3,6-8,10-11,19H2,1-2H3;1H3,(H,3,4). The number of amides is 2. The van der Waals surface area contributed by atoms with Gasteiger partial charge in [0.2, 0.25) is 5.91 Å². The van der Waals surface area contributed by atoms with Crippen LogP contribution >= 0.6 is 11.6 Å². The first-order chi connectivity index (χ1) is 13.1. The number of aliphatic carboxylic acids is 1. The molecule has 1 aromatic carbocycles. The van der Waals surface area contributed by atoms with Crippen LogP contribution in [0.5, 0.6) is 5.75 Å². The minimum absolute atomic E-state index is 0.123. The number of carbonyl (C=O) groups excluding carboxylic acids is 2. The Kier molecular flexibility index (Phi) is 9.75. The van der Waals surface area contributed by atoms with Crippen molar-refractivity contribution in [3.63, 3.8) is 0 Å². The Hall–Kier alpha value is -2.32. The third-order valence-electron chi connectivity index (χ3n) is 4.08. The Bertz CT molecular complexity index is 694. The normalized spacial score (nSPS) is 15.7. The molecule has 1 fully saturated rings. The number of halogens is 1. The molecule has 156 valence electrons. The van der Waals surface area contributed by atoms with E-state index in [9.17, 15) is 9.59 Å². The van der Waals surface area contributed by atoms with Crippen LogP contribution in [0, 0.1) is 5.92 Å². The lowest BCUT2D eigenvalue weighted by molar-refractivity contribution is -0.134. The number of hydrogen-bond donors (Lipinski definition) is 2. The topological polar surface area (TPSA) is 113 Å². The molecule has 8 nitrogen and oxygen atoms in total. The number of carboxylic acid groups (broad SMARTS) is 1. The summed E-state index contributed by atoms with van der Waals surface area (Å²) in [6.07, 6.45) is 1.18. The maximum Gasteiger partial charge on any atom is 0.300 e. The van der Waals surface area contributed by atoms with Gasteiger partial charge < -0.3 is 25.4 Å². The van der Waals surface area contributed by atoms with Crippen LogP contribution in [-0.4, -0.2) is 73.0 Å². The molecular formula is C19H28ClN3O5. The number of rotatable bonds is 7. The molecule has 2 amide bonds. The summed E-state index contributed by atoms with van der Waals surface area (Å²) < 4.78 is 5.66. The maximum absolute atomic E-state index is 12.7. The summed E-state index contributed by atoms with van der Waals surface area (Å²) in [6, 6.07) is 4.99. The first-order valence-corrected chi connectivity index (χ1v) is 9.34. The van der Waals surface area contributed by atoms with Gasteiger partial charge in [-0.3, -0.25) is 14.4 Å². The van der Waals surface area contributed by atoms with Gasteiger partial charge >= 0.3 is 0 Å². The van der Waals surface area contributed by atoms with E-state index in [1.807, 2.05) is 0 Å². The molecular weight excluding hydrogens is 386 g/mol. The van der Waals surface area contributed by atoms with Crippen LogP contribution in [0.25, 0.3) is 0 Å². The Morgan fingerprint density at radius 2 is 2.07 bits per heavy atom. The minimum atomic E-state index is -0.833. The van der Waals surface area contributed by atoms with Gasteiger partial charge in [-0.2, -0.15) is 0 Å². The van der Waals surface area contributed by atoms with Gasteiger partial charge in [-0.05, 0) is 31.2 Å². The smallest absolute Gasteiger partial charge is 0.300 e. The number of ether oxygens (including phenoxy) is 1. The molecule has 0 aromatic heterocycles. The monoisotopic (exact) mass is 413 g/mol. The Labute approximate surface area is 170 Å². The van der Waals surface area contributed by atoms with Crippen LogP contribution in [-0.2, 0) is 9.59 Å². The van der Waals surface area contributed by atoms with Gasteiger partial charge in [0.1, 0.15) is 5.75 Å². The number of hydrogen-bond acceptors (Lipinski definition) is 5. The zero-order valence-corrected chi connectivity index (χ0v) is 17.2. The van der Waals surface area contributed by atoms with Crippen LogP contribution in [0.15, 0.2) is 18.2 Å². The van der Waals surface area contributed by atoms with Gasteiger partial charge in [0.15, 0.2) is 0 Å². The van der Waals surface area contributed by atoms with E-state index in [4.69, 9.17) is 32.0 Å². The quantitative estimate of drug-likeness (QED) is 0.658. The summed E-state index contributed by atoms with van der Waals surface area (Å²) >= 11 is 6.01. The van der Waals surface area contributed by atoms with Crippen LogP contribution in [0.1, 0.15) is 30.1 Å². The van der Waals surface area contributed by atoms with Crippen molar-refractivity contribution in [2.45, 2.75) is 19.8 Å². The Morgan fingerprint density at radius 1 is 1.43 bits per heavy atom. The van der Waals surface area contributed by atoms with Gasteiger partial charge in [0.05, 0.1) is 12.2 Å². The second-order valence-corrected chi connectivity index (χ2v) is 7.12. The number of carbonyl (C=O) groups is 3.